The maximum atomic E-state index is 12.9. The normalized spacial score (nSPS) is 15.2. The second kappa shape index (κ2) is 6.64. The van der Waals surface area contributed by atoms with Crippen LogP contribution in [0.15, 0.2) is 50.8 Å². The van der Waals surface area contributed by atoms with Crippen LogP contribution in [0.1, 0.15) is 47.4 Å². The molecule has 0 N–H and O–H groups in total. The number of para-hydroxylation sites is 1. The van der Waals surface area contributed by atoms with E-state index in [0.29, 0.717) is 21.8 Å². The molecule has 134 valence electrons. The molecule has 0 radical (unpaired) electrons. The van der Waals surface area contributed by atoms with Crippen LogP contribution in [0.3, 0.4) is 0 Å². The van der Waals surface area contributed by atoms with Crippen LogP contribution in [0, 0.1) is 0 Å². The van der Waals surface area contributed by atoms with Crippen molar-refractivity contribution >= 4 is 28.6 Å². The molecule has 1 atom stereocenters. The molecule has 6 nitrogen and oxygen atoms in total. The summed E-state index contributed by atoms with van der Waals surface area (Å²) in [6, 6.07) is 11.0. The third-order valence-corrected chi connectivity index (χ3v) is 5.47. The van der Waals surface area contributed by atoms with Crippen molar-refractivity contribution in [2.24, 2.45) is 0 Å². The number of nitrogens with zero attached hydrogens (tertiary/aromatic N) is 2. The molecule has 0 bridgehead atoms. The lowest BCUT2D eigenvalue weighted by Crippen LogP contribution is -2.22. The molecule has 4 rings (SSSR count). The van der Waals surface area contributed by atoms with Gasteiger partial charge in [0.05, 0.1) is 23.3 Å². The summed E-state index contributed by atoms with van der Waals surface area (Å²) in [5.41, 5.74) is 0.696. The highest BCUT2D eigenvalue weighted by Gasteiger charge is 2.29. The Hall–Kier alpha value is -2.54. The lowest BCUT2D eigenvalue weighted by atomic mass is 10.2. The largest absolute Gasteiger partial charge is 0.463 e. The van der Waals surface area contributed by atoms with Gasteiger partial charge in [-0.25, -0.2) is 9.78 Å². The zero-order valence-corrected chi connectivity index (χ0v) is 15.3. The van der Waals surface area contributed by atoms with E-state index in [-0.39, 0.29) is 22.6 Å². The number of carbonyl (C=O) groups excluding carboxylic acids is 1. The van der Waals surface area contributed by atoms with Crippen molar-refractivity contribution in [1.29, 1.82) is 0 Å². The zero-order valence-electron chi connectivity index (χ0n) is 14.5. The minimum atomic E-state index is -0.507. The molecular weight excluding hydrogens is 352 g/mol. The monoisotopic (exact) mass is 370 g/mol. The van der Waals surface area contributed by atoms with Crippen molar-refractivity contribution in [3.63, 3.8) is 0 Å². The number of ether oxygens (including phenoxy) is 1. The van der Waals surface area contributed by atoms with Gasteiger partial charge in [-0.1, -0.05) is 23.9 Å². The van der Waals surface area contributed by atoms with E-state index in [1.54, 1.807) is 16.7 Å². The van der Waals surface area contributed by atoms with Gasteiger partial charge >= 0.3 is 5.97 Å². The van der Waals surface area contributed by atoms with E-state index < -0.39 is 5.97 Å². The maximum Gasteiger partial charge on any atom is 0.373 e. The summed E-state index contributed by atoms with van der Waals surface area (Å²) in [6.07, 6.45) is 1.99. The molecule has 0 saturated heterocycles. The number of fused-ring (bicyclic) bond motifs is 1. The first-order chi connectivity index (χ1) is 12.6. The smallest absolute Gasteiger partial charge is 0.373 e. The van der Waals surface area contributed by atoms with Crippen LogP contribution in [-0.2, 0) is 4.74 Å². The highest BCUT2D eigenvalue weighted by atomic mass is 32.2. The highest BCUT2D eigenvalue weighted by molar-refractivity contribution is 7.99. The fourth-order valence-electron chi connectivity index (χ4n) is 2.86. The van der Waals surface area contributed by atoms with Gasteiger partial charge in [0.2, 0.25) is 5.76 Å². The Morgan fingerprint density at radius 1 is 1.31 bits per heavy atom. The predicted molar refractivity (Wildman–Crippen MR) is 98.6 cm³/mol. The quantitative estimate of drug-likeness (QED) is 0.384. The molecule has 1 aliphatic carbocycles. The summed E-state index contributed by atoms with van der Waals surface area (Å²) in [5.74, 6) is 0.299. The van der Waals surface area contributed by atoms with E-state index in [2.05, 4.69) is 4.74 Å². The molecular formula is C19H18N2O4S. The molecule has 0 aliphatic heterocycles. The summed E-state index contributed by atoms with van der Waals surface area (Å²) in [7, 11) is 1.32. The van der Waals surface area contributed by atoms with Gasteiger partial charge in [-0.15, -0.1) is 0 Å². The molecule has 2 heterocycles. The maximum absolute atomic E-state index is 12.9. The number of hydrogen-bond donors (Lipinski definition) is 0. The number of furan rings is 1. The molecule has 0 amide bonds. The Kier molecular flexibility index (Phi) is 4.32. The zero-order chi connectivity index (χ0) is 18.3. The number of esters is 1. The standard InChI is InChI=1S/C19H18N2O4S/c1-11(15-9-10-16(25-15)18(23)24-2)26-19-20-14-6-4-3-5-13(14)17(22)21(19)12-7-8-12/h3-6,9-12H,7-8H2,1-2H3. The summed E-state index contributed by atoms with van der Waals surface area (Å²) < 4.78 is 12.1. The van der Waals surface area contributed by atoms with Crippen molar-refractivity contribution in [2.45, 2.75) is 36.2 Å². The molecule has 2 aromatic heterocycles. The second-order valence-electron chi connectivity index (χ2n) is 6.27. The number of rotatable bonds is 5. The molecule has 3 aromatic rings. The Labute approximate surface area is 154 Å². The molecule has 1 fully saturated rings. The van der Waals surface area contributed by atoms with Gasteiger partial charge in [-0.2, -0.15) is 0 Å². The van der Waals surface area contributed by atoms with Crippen LogP contribution < -0.4 is 5.56 Å². The van der Waals surface area contributed by atoms with Gasteiger partial charge in [0.25, 0.3) is 5.56 Å². The summed E-state index contributed by atoms with van der Waals surface area (Å²) in [5, 5.41) is 1.22. The molecule has 1 aromatic carbocycles. The number of benzene rings is 1. The fourth-order valence-corrected chi connectivity index (χ4v) is 3.92. The number of carbonyl (C=O) groups is 1. The number of aromatic nitrogens is 2. The third kappa shape index (κ3) is 3.03. The van der Waals surface area contributed by atoms with E-state index in [9.17, 15) is 9.59 Å². The Morgan fingerprint density at radius 2 is 2.08 bits per heavy atom. The Bertz CT molecular complexity index is 1040. The third-order valence-electron chi connectivity index (χ3n) is 4.38. The molecule has 1 unspecified atom stereocenters. The second-order valence-corrected chi connectivity index (χ2v) is 7.58. The predicted octanol–water partition coefficient (Wildman–Crippen LogP) is 3.96. The minimum absolute atomic E-state index is 0.00231. The molecule has 7 heteroatoms. The summed E-state index contributed by atoms with van der Waals surface area (Å²) in [4.78, 5) is 29.2. The average Bonchev–Trinajstić information content (AvgIpc) is 3.35. The summed E-state index contributed by atoms with van der Waals surface area (Å²) in [6.45, 7) is 1.96. The Morgan fingerprint density at radius 3 is 2.81 bits per heavy atom. The molecule has 1 aliphatic rings. The molecule has 1 saturated carbocycles. The highest BCUT2D eigenvalue weighted by Crippen LogP contribution is 2.40. The number of hydrogen-bond acceptors (Lipinski definition) is 6. The molecule has 26 heavy (non-hydrogen) atoms. The lowest BCUT2D eigenvalue weighted by molar-refractivity contribution is 0.0563. The topological polar surface area (TPSA) is 74.3 Å². The SMILES string of the molecule is COC(=O)c1ccc(C(C)Sc2nc3ccccc3c(=O)n2C2CC2)o1. The van der Waals surface area contributed by atoms with Crippen LogP contribution >= 0.6 is 11.8 Å². The van der Waals surface area contributed by atoms with Gasteiger partial charge in [-0.05, 0) is 44.0 Å². The van der Waals surface area contributed by atoms with Crippen LogP contribution in [0.5, 0.6) is 0 Å². The van der Waals surface area contributed by atoms with Crippen molar-refractivity contribution < 1.29 is 13.9 Å². The van der Waals surface area contributed by atoms with Gasteiger partial charge in [-0.3, -0.25) is 9.36 Å². The van der Waals surface area contributed by atoms with Gasteiger partial charge < -0.3 is 9.15 Å². The molecule has 0 spiro atoms. The van der Waals surface area contributed by atoms with E-state index in [1.807, 2.05) is 31.2 Å². The van der Waals surface area contributed by atoms with Crippen molar-refractivity contribution in [3.8, 4) is 0 Å². The van der Waals surface area contributed by atoms with Gasteiger partial charge in [0.15, 0.2) is 5.16 Å². The first-order valence-corrected chi connectivity index (χ1v) is 9.32. The van der Waals surface area contributed by atoms with E-state index >= 15 is 0 Å². The van der Waals surface area contributed by atoms with Crippen LogP contribution in [0.2, 0.25) is 0 Å². The first-order valence-electron chi connectivity index (χ1n) is 8.44. The van der Waals surface area contributed by atoms with Crippen molar-refractivity contribution in [3.05, 3.63) is 58.3 Å². The van der Waals surface area contributed by atoms with Crippen LogP contribution in [-0.4, -0.2) is 22.6 Å². The average molecular weight is 370 g/mol. The first kappa shape index (κ1) is 16.9. The van der Waals surface area contributed by atoms with E-state index in [1.165, 1.54) is 18.9 Å². The van der Waals surface area contributed by atoms with Crippen molar-refractivity contribution in [2.75, 3.05) is 7.11 Å². The van der Waals surface area contributed by atoms with Gasteiger partial charge in [0.1, 0.15) is 5.76 Å². The van der Waals surface area contributed by atoms with Gasteiger partial charge in [0, 0.05) is 6.04 Å². The van der Waals surface area contributed by atoms with E-state index in [0.717, 1.165) is 12.8 Å². The Balaban J connectivity index is 1.70. The fraction of sp³-hybridized carbons (Fsp3) is 0.316. The van der Waals surface area contributed by atoms with Crippen LogP contribution in [0.25, 0.3) is 10.9 Å². The van der Waals surface area contributed by atoms with E-state index in [4.69, 9.17) is 9.40 Å². The minimum Gasteiger partial charge on any atom is -0.463 e. The summed E-state index contributed by atoms with van der Waals surface area (Å²) >= 11 is 1.46. The van der Waals surface area contributed by atoms with Crippen LogP contribution in [0.4, 0.5) is 0 Å². The number of methoxy groups -OCH3 is 1. The number of thioether (sulfide) groups is 1. The van der Waals surface area contributed by atoms with Crippen molar-refractivity contribution in [1.82, 2.24) is 9.55 Å². The lowest BCUT2D eigenvalue weighted by Gasteiger charge is -2.14.